The molecule has 1 atom stereocenters. The van der Waals surface area contributed by atoms with E-state index in [9.17, 15) is 14.9 Å². The first-order valence-corrected chi connectivity index (χ1v) is 6.98. The summed E-state index contributed by atoms with van der Waals surface area (Å²) in [5.74, 6) is 0.202. The number of carbonyl (C=O) groups is 1. The van der Waals surface area contributed by atoms with Gasteiger partial charge in [0.1, 0.15) is 5.69 Å². The molecule has 1 unspecified atom stereocenters. The average molecular weight is 292 g/mol. The van der Waals surface area contributed by atoms with Gasteiger partial charge in [0, 0.05) is 24.7 Å². The van der Waals surface area contributed by atoms with E-state index in [1.165, 1.54) is 18.2 Å². The Morgan fingerprint density at radius 2 is 2.33 bits per heavy atom. The van der Waals surface area contributed by atoms with Gasteiger partial charge >= 0.3 is 0 Å². The zero-order valence-corrected chi connectivity index (χ0v) is 12.0. The molecule has 1 amide bonds. The first-order chi connectivity index (χ1) is 9.97. The SMILES string of the molecule is CN1CCCC(CNC(=O)c2ccc([N+](=O)[O-])c(N)c2)C1. The number of nitro groups is 1. The molecular formula is C14H20N4O3. The van der Waals surface area contributed by atoms with Crippen LogP contribution >= 0.6 is 0 Å². The number of nitrogen functional groups attached to an aromatic ring is 1. The lowest BCUT2D eigenvalue weighted by molar-refractivity contribution is -0.383. The van der Waals surface area contributed by atoms with Crippen LogP contribution in [0.1, 0.15) is 23.2 Å². The van der Waals surface area contributed by atoms with E-state index in [0.717, 1.165) is 25.9 Å². The van der Waals surface area contributed by atoms with Gasteiger partial charge in [-0.2, -0.15) is 0 Å². The largest absolute Gasteiger partial charge is 0.393 e. The van der Waals surface area contributed by atoms with Crippen molar-refractivity contribution in [1.82, 2.24) is 10.2 Å². The Morgan fingerprint density at radius 3 is 2.95 bits per heavy atom. The minimum absolute atomic E-state index is 0.00468. The number of amides is 1. The number of carbonyl (C=O) groups excluding carboxylic acids is 1. The van der Waals surface area contributed by atoms with Crippen molar-refractivity contribution in [2.75, 3.05) is 32.4 Å². The summed E-state index contributed by atoms with van der Waals surface area (Å²) in [5.41, 5.74) is 5.76. The van der Waals surface area contributed by atoms with E-state index in [-0.39, 0.29) is 17.3 Å². The number of nitrogens with two attached hydrogens (primary N) is 1. The standard InChI is InChI=1S/C14H20N4O3/c1-17-6-2-3-10(9-17)8-16-14(19)11-4-5-13(18(20)21)12(15)7-11/h4-5,7,10H,2-3,6,8-9,15H2,1H3,(H,16,19). The van der Waals surface area contributed by atoms with Gasteiger partial charge < -0.3 is 16.0 Å². The highest BCUT2D eigenvalue weighted by Gasteiger charge is 2.19. The van der Waals surface area contributed by atoms with Crippen LogP contribution in [0.3, 0.4) is 0 Å². The second-order valence-corrected chi connectivity index (χ2v) is 5.51. The summed E-state index contributed by atoms with van der Waals surface area (Å²) >= 11 is 0. The molecule has 3 N–H and O–H groups in total. The molecule has 0 aliphatic carbocycles. The Balaban J connectivity index is 1.94. The van der Waals surface area contributed by atoms with Crippen molar-refractivity contribution < 1.29 is 9.72 Å². The van der Waals surface area contributed by atoms with E-state index >= 15 is 0 Å². The lowest BCUT2D eigenvalue weighted by atomic mass is 9.98. The van der Waals surface area contributed by atoms with E-state index < -0.39 is 4.92 Å². The maximum atomic E-state index is 12.1. The second-order valence-electron chi connectivity index (χ2n) is 5.51. The maximum absolute atomic E-state index is 12.1. The van der Waals surface area contributed by atoms with Gasteiger partial charge in [-0.15, -0.1) is 0 Å². The molecule has 114 valence electrons. The molecule has 1 aromatic carbocycles. The first kappa shape index (κ1) is 15.2. The van der Waals surface area contributed by atoms with Crippen LogP contribution < -0.4 is 11.1 Å². The topological polar surface area (TPSA) is 102 Å². The fraction of sp³-hybridized carbons (Fsp3) is 0.500. The highest BCUT2D eigenvalue weighted by atomic mass is 16.6. The van der Waals surface area contributed by atoms with Crippen LogP contribution in [-0.2, 0) is 0 Å². The molecule has 7 heteroatoms. The molecule has 0 saturated carbocycles. The number of nitro benzene ring substituents is 1. The number of anilines is 1. The zero-order valence-electron chi connectivity index (χ0n) is 12.0. The van der Waals surface area contributed by atoms with Crippen LogP contribution in [0.2, 0.25) is 0 Å². The Kier molecular flexibility index (Phi) is 4.74. The number of nitrogens with zero attached hydrogens (tertiary/aromatic N) is 2. The van der Waals surface area contributed by atoms with Crippen LogP contribution in [0.4, 0.5) is 11.4 Å². The third-order valence-electron chi connectivity index (χ3n) is 3.76. The summed E-state index contributed by atoms with van der Waals surface area (Å²) in [6, 6.07) is 4.04. The molecule has 7 nitrogen and oxygen atoms in total. The van der Waals surface area contributed by atoms with E-state index in [1.807, 2.05) is 0 Å². The van der Waals surface area contributed by atoms with Crippen LogP contribution in [-0.4, -0.2) is 42.4 Å². The predicted octanol–water partition coefficient (Wildman–Crippen LogP) is 1.25. The maximum Gasteiger partial charge on any atom is 0.292 e. The summed E-state index contributed by atoms with van der Waals surface area (Å²) in [6.07, 6.45) is 2.24. The minimum Gasteiger partial charge on any atom is -0.393 e. The fourth-order valence-electron chi connectivity index (χ4n) is 2.64. The number of benzene rings is 1. The van der Waals surface area contributed by atoms with E-state index in [1.54, 1.807) is 0 Å². The third kappa shape index (κ3) is 3.91. The zero-order chi connectivity index (χ0) is 15.4. The van der Waals surface area contributed by atoms with Gasteiger partial charge in [-0.25, -0.2) is 0 Å². The number of rotatable bonds is 4. The Bertz CT molecular complexity index is 547. The van der Waals surface area contributed by atoms with Gasteiger partial charge in [-0.1, -0.05) is 0 Å². The highest BCUT2D eigenvalue weighted by molar-refractivity contribution is 5.95. The highest BCUT2D eigenvalue weighted by Crippen LogP contribution is 2.22. The van der Waals surface area contributed by atoms with Gasteiger partial charge in [-0.05, 0) is 44.5 Å². The molecule has 1 aromatic rings. The lowest BCUT2D eigenvalue weighted by Gasteiger charge is -2.29. The molecule has 0 aromatic heterocycles. The molecular weight excluding hydrogens is 272 g/mol. The monoisotopic (exact) mass is 292 g/mol. The lowest BCUT2D eigenvalue weighted by Crippen LogP contribution is -2.39. The molecule has 0 radical (unpaired) electrons. The third-order valence-corrected chi connectivity index (χ3v) is 3.76. The average Bonchev–Trinajstić information content (AvgIpc) is 2.44. The van der Waals surface area contributed by atoms with E-state index in [0.29, 0.717) is 18.0 Å². The summed E-state index contributed by atoms with van der Waals surface area (Å²) in [6.45, 7) is 2.69. The number of likely N-dealkylation sites (tertiary alicyclic amines) is 1. The van der Waals surface area contributed by atoms with Crippen molar-refractivity contribution in [2.24, 2.45) is 5.92 Å². The Hall–Kier alpha value is -2.15. The van der Waals surface area contributed by atoms with Crippen molar-refractivity contribution in [3.05, 3.63) is 33.9 Å². The number of piperidine rings is 1. The van der Waals surface area contributed by atoms with Crippen LogP contribution in [0.5, 0.6) is 0 Å². The quantitative estimate of drug-likeness (QED) is 0.494. The number of hydrogen-bond donors (Lipinski definition) is 2. The first-order valence-electron chi connectivity index (χ1n) is 6.98. The van der Waals surface area contributed by atoms with Gasteiger partial charge in [0.05, 0.1) is 4.92 Å². The van der Waals surface area contributed by atoms with Gasteiger partial charge in [0.2, 0.25) is 0 Å². The molecule has 0 bridgehead atoms. The molecule has 1 saturated heterocycles. The molecule has 1 aliphatic heterocycles. The van der Waals surface area contributed by atoms with Crippen LogP contribution in [0.15, 0.2) is 18.2 Å². The number of nitrogens with one attached hydrogen (secondary N) is 1. The molecule has 1 aliphatic rings. The van der Waals surface area contributed by atoms with Crippen molar-refractivity contribution in [3.63, 3.8) is 0 Å². The van der Waals surface area contributed by atoms with E-state index in [4.69, 9.17) is 5.73 Å². The molecule has 0 spiro atoms. The molecule has 1 fully saturated rings. The summed E-state index contributed by atoms with van der Waals surface area (Å²) in [5, 5.41) is 13.6. The smallest absolute Gasteiger partial charge is 0.292 e. The van der Waals surface area contributed by atoms with Gasteiger partial charge in [0.25, 0.3) is 11.6 Å². The number of hydrogen-bond acceptors (Lipinski definition) is 5. The fourth-order valence-corrected chi connectivity index (χ4v) is 2.64. The Morgan fingerprint density at radius 1 is 1.57 bits per heavy atom. The Labute approximate surface area is 123 Å². The van der Waals surface area contributed by atoms with E-state index in [2.05, 4.69) is 17.3 Å². The molecule has 21 heavy (non-hydrogen) atoms. The van der Waals surface area contributed by atoms with Crippen molar-refractivity contribution in [1.29, 1.82) is 0 Å². The summed E-state index contributed by atoms with van der Waals surface area (Å²) in [7, 11) is 2.07. The molecule has 2 rings (SSSR count). The predicted molar refractivity (Wildman–Crippen MR) is 80.1 cm³/mol. The summed E-state index contributed by atoms with van der Waals surface area (Å²) < 4.78 is 0. The minimum atomic E-state index is -0.561. The molecule has 1 heterocycles. The van der Waals surface area contributed by atoms with Crippen LogP contribution in [0, 0.1) is 16.0 Å². The second kappa shape index (κ2) is 6.53. The van der Waals surface area contributed by atoms with Gasteiger partial charge in [-0.3, -0.25) is 14.9 Å². The van der Waals surface area contributed by atoms with Crippen LogP contribution in [0.25, 0.3) is 0 Å². The normalized spacial score (nSPS) is 19.2. The van der Waals surface area contributed by atoms with Crippen molar-refractivity contribution >= 4 is 17.3 Å². The van der Waals surface area contributed by atoms with Gasteiger partial charge in [0.15, 0.2) is 0 Å². The van der Waals surface area contributed by atoms with Crippen molar-refractivity contribution in [2.45, 2.75) is 12.8 Å². The van der Waals surface area contributed by atoms with Crippen molar-refractivity contribution in [3.8, 4) is 0 Å². The summed E-state index contributed by atoms with van der Waals surface area (Å²) in [4.78, 5) is 24.4.